The molecule has 0 saturated heterocycles. The summed E-state index contributed by atoms with van der Waals surface area (Å²) in [5, 5.41) is 4.02. The lowest BCUT2D eigenvalue weighted by Gasteiger charge is -2.17. The summed E-state index contributed by atoms with van der Waals surface area (Å²) in [6, 6.07) is 9.55. The van der Waals surface area contributed by atoms with Crippen molar-refractivity contribution in [2.24, 2.45) is 17.8 Å². The molecule has 1 unspecified atom stereocenters. The van der Waals surface area contributed by atoms with Crippen molar-refractivity contribution in [2.45, 2.75) is 24.9 Å². The molecule has 0 spiro atoms. The van der Waals surface area contributed by atoms with Gasteiger partial charge in [0.25, 0.3) is 0 Å². The zero-order chi connectivity index (χ0) is 23.2. The van der Waals surface area contributed by atoms with Crippen LogP contribution in [0.2, 0.25) is 0 Å². The van der Waals surface area contributed by atoms with Gasteiger partial charge in [-0.1, -0.05) is 23.4 Å². The number of hydrogen-bond acceptors (Lipinski definition) is 9. The van der Waals surface area contributed by atoms with Gasteiger partial charge in [-0.15, -0.1) is 0 Å². The van der Waals surface area contributed by atoms with E-state index in [1.54, 1.807) is 4.90 Å². The van der Waals surface area contributed by atoms with Gasteiger partial charge in [0.2, 0.25) is 29.4 Å². The number of nitrogens with zero attached hydrogens (tertiary/aromatic N) is 6. The normalized spacial score (nSPS) is 24.0. The Hall–Kier alpha value is -3.28. The van der Waals surface area contributed by atoms with Crippen LogP contribution in [0.4, 0.5) is 30.8 Å². The third-order valence-electron chi connectivity index (χ3n) is 6.27. The van der Waals surface area contributed by atoms with E-state index in [1.807, 2.05) is 37.4 Å². The quantitative estimate of drug-likeness (QED) is 0.563. The van der Waals surface area contributed by atoms with Crippen molar-refractivity contribution in [1.29, 1.82) is 0 Å². The molecule has 2 heterocycles. The standard InChI is InChI=1S/C21H22F3N7O2/c1-31(12-5-3-2-4-6-12)20-28-16(27-19(25)29-20)17-26-18(33-30-17)11-7-13-14(8-11)15(13)9-32-10-21(22,23)24/h2-6,11,13-15H,7-10H2,1H3,(H2,25,27,28,29)/t11?,13-,14+,15+. The summed E-state index contributed by atoms with van der Waals surface area (Å²) >= 11 is 0. The highest BCUT2D eigenvalue weighted by molar-refractivity contribution is 5.58. The van der Waals surface area contributed by atoms with Crippen molar-refractivity contribution in [2.75, 3.05) is 30.9 Å². The number of nitrogens with two attached hydrogens (primary N) is 1. The summed E-state index contributed by atoms with van der Waals surface area (Å²) in [6.07, 6.45) is -2.72. The fourth-order valence-corrected chi connectivity index (χ4v) is 4.63. The molecule has 1 aromatic carbocycles. The Labute approximate surface area is 187 Å². The molecule has 9 nitrogen and oxygen atoms in total. The first kappa shape index (κ1) is 21.6. The number of fused-ring (bicyclic) bond motifs is 1. The lowest BCUT2D eigenvalue weighted by molar-refractivity contribution is -0.175. The maximum absolute atomic E-state index is 12.2. The Morgan fingerprint density at radius 2 is 1.79 bits per heavy atom. The molecule has 0 radical (unpaired) electrons. The van der Waals surface area contributed by atoms with Gasteiger partial charge in [-0.05, 0) is 42.7 Å². The van der Waals surface area contributed by atoms with Crippen LogP contribution < -0.4 is 10.6 Å². The van der Waals surface area contributed by atoms with Crippen LogP contribution in [0, 0.1) is 17.8 Å². The van der Waals surface area contributed by atoms with Crippen LogP contribution in [-0.4, -0.2) is 51.5 Å². The molecular weight excluding hydrogens is 439 g/mol. The van der Waals surface area contributed by atoms with Crippen molar-refractivity contribution in [3.8, 4) is 11.6 Å². The summed E-state index contributed by atoms with van der Waals surface area (Å²) in [6.45, 7) is -1.06. The van der Waals surface area contributed by atoms with Crippen LogP contribution in [0.1, 0.15) is 24.7 Å². The number of nitrogen functional groups attached to an aromatic ring is 1. The number of para-hydroxylation sites is 1. The van der Waals surface area contributed by atoms with E-state index in [4.69, 9.17) is 15.0 Å². The van der Waals surface area contributed by atoms with Crippen LogP contribution in [0.25, 0.3) is 11.6 Å². The lowest BCUT2D eigenvalue weighted by atomic mass is 10.0. The van der Waals surface area contributed by atoms with Gasteiger partial charge in [0.15, 0.2) is 0 Å². The largest absolute Gasteiger partial charge is 0.411 e. The molecule has 2 fully saturated rings. The van der Waals surface area contributed by atoms with Gasteiger partial charge in [-0.2, -0.15) is 33.1 Å². The van der Waals surface area contributed by atoms with E-state index >= 15 is 0 Å². The zero-order valence-corrected chi connectivity index (χ0v) is 17.7. The molecule has 33 heavy (non-hydrogen) atoms. The third-order valence-corrected chi connectivity index (χ3v) is 6.27. The maximum atomic E-state index is 12.2. The SMILES string of the molecule is CN(c1ccccc1)c1nc(N)nc(-c2noc(C3C[C@@H]4[C@@H](COCC(F)(F)F)[C@@H]4C3)n2)n1. The molecule has 0 amide bonds. The second-order valence-corrected chi connectivity index (χ2v) is 8.46. The fraction of sp³-hybridized carbons (Fsp3) is 0.476. The first-order valence-electron chi connectivity index (χ1n) is 10.6. The highest BCUT2D eigenvalue weighted by Crippen LogP contribution is 2.62. The summed E-state index contributed by atoms with van der Waals surface area (Å²) in [5.41, 5.74) is 6.77. The molecule has 0 bridgehead atoms. The van der Waals surface area contributed by atoms with Gasteiger partial charge in [0.1, 0.15) is 6.61 Å². The zero-order valence-electron chi connectivity index (χ0n) is 17.7. The highest BCUT2D eigenvalue weighted by Gasteiger charge is 2.57. The molecule has 2 aliphatic carbocycles. The van der Waals surface area contributed by atoms with Crippen molar-refractivity contribution in [3.63, 3.8) is 0 Å². The number of aromatic nitrogens is 5. The smallest absolute Gasteiger partial charge is 0.372 e. The number of ether oxygens (including phenoxy) is 1. The molecule has 2 saturated carbocycles. The Morgan fingerprint density at radius 1 is 1.06 bits per heavy atom. The van der Waals surface area contributed by atoms with E-state index in [1.165, 1.54) is 0 Å². The van der Waals surface area contributed by atoms with Gasteiger partial charge in [-0.25, -0.2) is 0 Å². The number of alkyl halides is 3. The Morgan fingerprint density at radius 3 is 2.48 bits per heavy atom. The first-order chi connectivity index (χ1) is 15.8. The van der Waals surface area contributed by atoms with Gasteiger partial charge < -0.3 is 19.9 Å². The molecule has 2 N–H and O–H groups in total. The van der Waals surface area contributed by atoms with E-state index in [0.29, 0.717) is 23.7 Å². The molecule has 4 atom stereocenters. The molecule has 2 aromatic heterocycles. The average molecular weight is 461 g/mol. The van der Waals surface area contributed by atoms with Crippen LogP contribution in [0.5, 0.6) is 0 Å². The second kappa shape index (κ2) is 8.25. The Kier molecular flexibility index (Phi) is 5.39. The Bertz CT molecular complexity index is 1110. The predicted octanol–water partition coefficient (Wildman–Crippen LogP) is 3.59. The molecule has 12 heteroatoms. The maximum Gasteiger partial charge on any atom is 0.411 e. The van der Waals surface area contributed by atoms with Crippen molar-refractivity contribution in [1.82, 2.24) is 25.1 Å². The van der Waals surface area contributed by atoms with Crippen LogP contribution in [-0.2, 0) is 4.74 Å². The molecule has 2 aliphatic rings. The molecule has 5 rings (SSSR count). The summed E-state index contributed by atoms with van der Waals surface area (Å²) < 4.78 is 47.0. The minimum absolute atomic E-state index is 0.0351. The highest BCUT2D eigenvalue weighted by atomic mass is 19.4. The predicted molar refractivity (Wildman–Crippen MR) is 111 cm³/mol. The fourth-order valence-electron chi connectivity index (χ4n) is 4.63. The van der Waals surface area contributed by atoms with Gasteiger partial charge in [0.05, 0.1) is 6.61 Å². The number of halogens is 3. The van der Waals surface area contributed by atoms with E-state index < -0.39 is 12.8 Å². The summed E-state index contributed by atoms with van der Waals surface area (Å²) in [5.74, 6) is 2.17. The van der Waals surface area contributed by atoms with Crippen molar-refractivity contribution >= 4 is 17.6 Å². The molecule has 0 aliphatic heterocycles. The molecule has 174 valence electrons. The third kappa shape index (κ3) is 4.61. The van der Waals surface area contributed by atoms with Crippen molar-refractivity contribution < 1.29 is 22.4 Å². The lowest BCUT2D eigenvalue weighted by Crippen LogP contribution is -2.18. The first-order valence-corrected chi connectivity index (χ1v) is 10.6. The Balaban J connectivity index is 1.24. The van der Waals surface area contributed by atoms with Gasteiger partial charge in [0, 0.05) is 18.7 Å². The van der Waals surface area contributed by atoms with Crippen molar-refractivity contribution in [3.05, 3.63) is 36.2 Å². The molecular formula is C21H22F3N7O2. The summed E-state index contributed by atoms with van der Waals surface area (Å²) in [4.78, 5) is 19.0. The van der Waals surface area contributed by atoms with E-state index in [-0.39, 0.29) is 36.0 Å². The van der Waals surface area contributed by atoms with E-state index in [9.17, 15) is 13.2 Å². The number of rotatable bonds is 7. The van der Waals surface area contributed by atoms with Gasteiger partial charge in [-0.3, -0.25) is 0 Å². The minimum Gasteiger partial charge on any atom is -0.372 e. The van der Waals surface area contributed by atoms with Crippen LogP contribution in [0.15, 0.2) is 34.9 Å². The summed E-state index contributed by atoms with van der Waals surface area (Å²) in [7, 11) is 1.81. The van der Waals surface area contributed by atoms with E-state index in [2.05, 4.69) is 25.1 Å². The van der Waals surface area contributed by atoms with Crippen LogP contribution >= 0.6 is 0 Å². The monoisotopic (exact) mass is 461 g/mol. The topological polar surface area (TPSA) is 116 Å². The number of hydrogen-bond donors (Lipinski definition) is 1. The number of anilines is 3. The van der Waals surface area contributed by atoms with Crippen LogP contribution in [0.3, 0.4) is 0 Å². The number of benzene rings is 1. The average Bonchev–Trinajstić information content (AvgIpc) is 3.17. The van der Waals surface area contributed by atoms with E-state index in [0.717, 1.165) is 18.5 Å². The minimum atomic E-state index is -4.29. The van der Waals surface area contributed by atoms with Gasteiger partial charge >= 0.3 is 6.18 Å². The second-order valence-electron chi connectivity index (χ2n) is 8.46. The molecule has 3 aromatic rings.